The summed E-state index contributed by atoms with van der Waals surface area (Å²) in [5.74, 6) is 0.715. The standard InChI is InChI=1S/C13H19BrN2O/c1-15-13(5-10-2-3-17-9-10)6-11-4-12(14)8-16-7-11/h4,7-8,10,13,15H,2-3,5-6,9H2,1H3. The van der Waals surface area contributed by atoms with Crippen molar-refractivity contribution in [3.05, 3.63) is 28.5 Å². The Balaban J connectivity index is 1.90. The topological polar surface area (TPSA) is 34.2 Å². The highest BCUT2D eigenvalue weighted by atomic mass is 79.9. The van der Waals surface area contributed by atoms with Gasteiger partial charge in [0.15, 0.2) is 0 Å². The van der Waals surface area contributed by atoms with Gasteiger partial charge in [0.25, 0.3) is 0 Å². The quantitative estimate of drug-likeness (QED) is 0.906. The van der Waals surface area contributed by atoms with Gasteiger partial charge in [-0.25, -0.2) is 0 Å². The molecule has 4 heteroatoms. The van der Waals surface area contributed by atoms with Gasteiger partial charge in [0, 0.05) is 36.1 Å². The predicted molar refractivity (Wildman–Crippen MR) is 72.0 cm³/mol. The number of hydrogen-bond acceptors (Lipinski definition) is 3. The molecule has 17 heavy (non-hydrogen) atoms. The lowest BCUT2D eigenvalue weighted by Gasteiger charge is -2.19. The van der Waals surface area contributed by atoms with Gasteiger partial charge in [-0.1, -0.05) is 0 Å². The normalized spacial score (nSPS) is 21.6. The number of rotatable bonds is 5. The molecule has 0 aliphatic carbocycles. The maximum absolute atomic E-state index is 5.42. The zero-order valence-electron chi connectivity index (χ0n) is 10.2. The number of hydrogen-bond donors (Lipinski definition) is 1. The third kappa shape index (κ3) is 4.05. The highest BCUT2D eigenvalue weighted by molar-refractivity contribution is 9.10. The summed E-state index contributed by atoms with van der Waals surface area (Å²) >= 11 is 3.46. The van der Waals surface area contributed by atoms with Gasteiger partial charge in [-0.3, -0.25) is 4.98 Å². The number of ether oxygens (including phenoxy) is 1. The Labute approximate surface area is 111 Å². The maximum atomic E-state index is 5.42. The van der Waals surface area contributed by atoms with Gasteiger partial charge in [-0.05, 0) is 59.8 Å². The molecule has 0 spiro atoms. The average Bonchev–Trinajstić information content (AvgIpc) is 2.81. The van der Waals surface area contributed by atoms with Crippen LogP contribution in [-0.4, -0.2) is 31.3 Å². The monoisotopic (exact) mass is 298 g/mol. The first-order valence-corrected chi connectivity index (χ1v) is 6.91. The van der Waals surface area contributed by atoms with Gasteiger partial charge in [0.2, 0.25) is 0 Å². The van der Waals surface area contributed by atoms with E-state index in [-0.39, 0.29) is 0 Å². The van der Waals surface area contributed by atoms with E-state index in [1.807, 2.05) is 19.4 Å². The Hall–Kier alpha value is -0.450. The Morgan fingerprint density at radius 2 is 2.47 bits per heavy atom. The summed E-state index contributed by atoms with van der Waals surface area (Å²) < 4.78 is 6.47. The minimum atomic E-state index is 0.512. The summed E-state index contributed by atoms with van der Waals surface area (Å²) in [5.41, 5.74) is 1.28. The molecule has 0 saturated carbocycles. The molecule has 1 fully saturated rings. The molecule has 1 aliphatic rings. The molecule has 2 heterocycles. The Morgan fingerprint density at radius 1 is 1.59 bits per heavy atom. The molecular weight excluding hydrogens is 280 g/mol. The third-order valence-corrected chi connectivity index (χ3v) is 3.73. The van der Waals surface area contributed by atoms with E-state index in [1.54, 1.807) is 0 Å². The molecule has 1 aromatic heterocycles. The van der Waals surface area contributed by atoms with E-state index < -0.39 is 0 Å². The Bertz CT molecular complexity index is 353. The summed E-state index contributed by atoms with van der Waals surface area (Å²) in [5, 5.41) is 3.40. The lowest BCUT2D eigenvalue weighted by molar-refractivity contribution is 0.181. The van der Waals surface area contributed by atoms with Crippen LogP contribution < -0.4 is 5.32 Å². The molecule has 94 valence electrons. The average molecular weight is 299 g/mol. The van der Waals surface area contributed by atoms with Crippen LogP contribution in [0.15, 0.2) is 22.9 Å². The molecular formula is C13H19BrN2O. The summed E-state index contributed by atoms with van der Waals surface area (Å²) in [4.78, 5) is 4.20. The number of nitrogens with one attached hydrogen (secondary N) is 1. The molecule has 1 aromatic rings. The van der Waals surface area contributed by atoms with Crippen molar-refractivity contribution < 1.29 is 4.74 Å². The van der Waals surface area contributed by atoms with Gasteiger partial charge in [0.05, 0.1) is 0 Å². The summed E-state index contributed by atoms with van der Waals surface area (Å²) in [6.07, 6.45) is 7.18. The lowest BCUT2D eigenvalue weighted by atomic mass is 9.95. The Morgan fingerprint density at radius 3 is 3.12 bits per heavy atom. The summed E-state index contributed by atoms with van der Waals surface area (Å²) in [6, 6.07) is 2.65. The number of pyridine rings is 1. The van der Waals surface area contributed by atoms with Crippen LogP contribution in [0.2, 0.25) is 0 Å². The van der Waals surface area contributed by atoms with E-state index in [1.165, 1.54) is 18.4 Å². The van der Waals surface area contributed by atoms with Crippen LogP contribution in [0.5, 0.6) is 0 Å². The maximum Gasteiger partial charge on any atom is 0.0495 e. The van der Waals surface area contributed by atoms with Crippen LogP contribution in [0.3, 0.4) is 0 Å². The second-order valence-electron chi connectivity index (χ2n) is 4.67. The predicted octanol–water partition coefficient (Wildman–Crippen LogP) is 2.40. The molecule has 1 saturated heterocycles. The number of halogens is 1. The zero-order chi connectivity index (χ0) is 12.1. The number of likely N-dealkylation sites (N-methyl/N-ethyl adjacent to an activating group) is 1. The molecule has 0 amide bonds. The van der Waals surface area contributed by atoms with Crippen LogP contribution in [0.1, 0.15) is 18.4 Å². The van der Waals surface area contributed by atoms with Gasteiger partial charge in [0.1, 0.15) is 0 Å². The minimum absolute atomic E-state index is 0.512. The highest BCUT2D eigenvalue weighted by Crippen LogP contribution is 2.20. The fraction of sp³-hybridized carbons (Fsp3) is 0.615. The first-order chi connectivity index (χ1) is 8.28. The third-order valence-electron chi connectivity index (χ3n) is 3.29. The van der Waals surface area contributed by atoms with Crippen LogP contribution in [0.4, 0.5) is 0 Å². The SMILES string of the molecule is CNC(Cc1cncc(Br)c1)CC1CCOC1. The van der Waals surface area contributed by atoms with Crippen LogP contribution in [0, 0.1) is 5.92 Å². The van der Waals surface area contributed by atoms with Crippen LogP contribution in [-0.2, 0) is 11.2 Å². The van der Waals surface area contributed by atoms with E-state index in [0.717, 1.165) is 24.1 Å². The zero-order valence-corrected chi connectivity index (χ0v) is 11.7. The first-order valence-electron chi connectivity index (χ1n) is 6.12. The van der Waals surface area contributed by atoms with Gasteiger partial charge in [-0.2, -0.15) is 0 Å². The second-order valence-corrected chi connectivity index (χ2v) is 5.58. The van der Waals surface area contributed by atoms with Crippen molar-refractivity contribution in [3.63, 3.8) is 0 Å². The van der Waals surface area contributed by atoms with Gasteiger partial charge < -0.3 is 10.1 Å². The van der Waals surface area contributed by atoms with Crippen molar-refractivity contribution >= 4 is 15.9 Å². The van der Waals surface area contributed by atoms with E-state index in [2.05, 4.69) is 32.3 Å². The van der Waals surface area contributed by atoms with Crippen molar-refractivity contribution in [2.45, 2.75) is 25.3 Å². The van der Waals surface area contributed by atoms with Crippen LogP contribution in [0.25, 0.3) is 0 Å². The van der Waals surface area contributed by atoms with Crippen molar-refractivity contribution in [1.29, 1.82) is 0 Å². The molecule has 0 bridgehead atoms. The molecule has 2 rings (SSSR count). The smallest absolute Gasteiger partial charge is 0.0495 e. The van der Waals surface area contributed by atoms with Crippen molar-refractivity contribution in [3.8, 4) is 0 Å². The first kappa shape index (κ1) is 13.0. The molecule has 3 nitrogen and oxygen atoms in total. The van der Waals surface area contributed by atoms with E-state index in [4.69, 9.17) is 4.74 Å². The minimum Gasteiger partial charge on any atom is -0.381 e. The molecule has 0 radical (unpaired) electrons. The number of aromatic nitrogens is 1. The summed E-state index contributed by atoms with van der Waals surface area (Å²) in [7, 11) is 2.03. The lowest BCUT2D eigenvalue weighted by Crippen LogP contribution is -2.30. The molecule has 0 aromatic carbocycles. The van der Waals surface area contributed by atoms with Gasteiger partial charge >= 0.3 is 0 Å². The number of nitrogens with zero attached hydrogens (tertiary/aromatic N) is 1. The summed E-state index contributed by atoms with van der Waals surface area (Å²) in [6.45, 7) is 1.86. The fourth-order valence-corrected chi connectivity index (χ4v) is 2.74. The van der Waals surface area contributed by atoms with Crippen molar-refractivity contribution in [2.24, 2.45) is 5.92 Å². The molecule has 2 unspecified atom stereocenters. The molecule has 1 aliphatic heterocycles. The van der Waals surface area contributed by atoms with Crippen LogP contribution >= 0.6 is 15.9 Å². The Kier molecular flexibility index (Phi) is 4.95. The van der Waals surface area contributed by atoms with Gasteiger partial charge in [-0.15, -0.1) is 0 Å². The molecule has 2 atom stereocenters. The van der Waals surface area contributed by atoms with E-state index in [9.17, 15) is 0 Å². The van der Waals surface area contributed by atoms with Crippen molar-refractivity contribution in [2.75, 3.05) is 20.3 Å². The largest absolute Gasteiger partial charge is 0.381 e. The van der Waals surface area contributed by atoms with Crippen molar-refractivity contribution in [1.82, 2.24) is 10.3 Å². The second kappa shape index (κ2) is 6.47. The highest BCUT2D eigenvalue weighted by Gasteiger charge is 2.20. The fourth-order valence-electron chi connectivity index (χ4n) is 2.33. The molecule has 1 N–H and O–H groups in total. The van der Waals surface area contributed by atoms with E-state index in [0.29, 0.717) is 12.0 Å². The van der Waals surface area contributed by atoms with E-state index >= 15 is 0 Å².